The lowest BCUT2D eigenvalue weighted by Crippen LogP contribution is -2.15. The molecule has 1 aromatic heterocycles. The molecule has 1 heterocycles. The van der Waals surface area contributed by atoms with Gasteiger partial charge in [-0.1, -0.05) is 30.3 Å². The number of nitrogens with two attached hydrogens (primary N) is 1. The third kappa shape index (κ3) is 3.13. The van der Waals surface area contributed by atoms with Crippen LogP contribution in [0.25, 0.3) is 5.69 Å². The van der Waals surface area contributed by atoms with Gasteiger partial charge >= 0.3 is 0 Å². The van der Waals surface area contributed by atoms with Gasteiger partial charge in [-0.2, -0.15) is 5.10 Å². The van der Waals surface area contributed by atoms with Gasteiger partial charge in [-0.05, 0) is 30.3 Å². The zero-order valence-corrected chi connectivity index (χ0v) is 13.3. The van der Waals surface area contributed by atoms with E-state index in [9.17, 15) is 13.2 Å². The van der Waals surface area contributed by atoms with Crippen molar-refractivity contribution >= 4 is 21.6 Å². The number of carbonyl (C=O) groups is 1. The van der Waals surface area contributed by atoms with Crippen molar-refractivity contribution in [3.8, 4) is 5.69 Å². The van der Waals surface area contributed by atoms with Crippen LogP contribution < -0.4 is 10.5 Å². The highest BCUT2D eigenvalue weighted by Gasteiger charge is 2.16. The molecule has 0 fully saturated rings. The van der Waals surface area contributed by atoms with Crippen LogP contribution in [-0.4, -0.2) is 24.1 Å². The maximum Gasteiger partial charge on any atom is 0.269 e. The van der Waals surface area contributed by atoms with Crippen LogP contribution in [0, 0.1) is 0 Å². The topological polar surface area (TPSA) is 107 Å². The number of hydrogen-bond acceptors (Lipinski definition) is 4. The zero-order chi connectivity index (χ0) is 17.2. The summed E-state index contributed by atoms with van der Waals surface area (Å²) in [6, 6.07) is 16.2. The second-order valence-corrected chi connectivity index (χ2v) is 6.63. The summed E-state index contributed by atoms with van der Waals surface area (Å²) < 4.78 is 28.9. The van der Waals surface area contributed by atoms with Gasteiger partial charge in [0.15, 0.2) is 0 Å². The van der Waals surface area contributed by atoms with Crippen molar-refractivity contribution in [2.24, 2.45) is 5.73 Å². The zero-order valence-electron chi connectivity index (χ0n) is 12.5. The van der Waals surface area contributed by atoms with E-state index in [4.69, 9.17) is 5.73 Å². The van der Waals surface area contributed by atoms with Gasteiger partial charge in [0.05, 0.1) is 16.3 Å². The van der Waals surface area contributed by atoms with Crippen LogP contribution in [0.1, 0.15) is 10.5 Å². The Hall–Kier alpha value is -3.13. The van der Waals surface area contributed by atoms with Crippen LogP contribution in [0.4, 0.5) is 5.69 Å². The van der Waals surface area contributed by atoms with Gasteiger partial charge in [-0.25, -0.2) is 13.1 Å². The van der Waals surface area contributed by atoms with E-state index in [2.05, 4.69) is 9.82 Å². The quantitative estimate of drug-likeness (QED) is 0.737. The molecule has 0 saturated carbocycles. The highest BCUT2D eigenvalue weighted by Crippen LogP contribution is 2.23. The van der Waals surface area contributed by atoms with E-state index in [1.165, 1.54) is 29.1 Å². The molecule has 3 N–H and O–H groups in total. The second kappa shape index (κ2) is 6.17. The molecule has 0 saturated heterocycles. The molecular formula is C16H14N4O3S. The van der Waals surface area contributed by atoms with Crippen molar-refractivity contribution in [1.82, 2.24) is 9.78 Å². The highest BCUT2D eigenvalue weighted by atomic mass is 32.2. The van der Waals surface area contributed by atoms with E-state index in [-0.39, 0.29) is 10.6 Å². The lowest BCUT2D eigenvalue weighted by atomic mass is 10.3. The summed E-state index contributed by atoms with van der Waals surface area (Å²) in [5.74, 6) is -0.656. The van der Waals surface area contributed by atoms with Crippen LogP contribution in [0.5, 0.6) is 0 Å². The van der Waals surface area contributed by atoms with E-state index in [1.807, 2.05) is 0 Å². The summed E-state index contributed by atoms with van der Waals surface area (Å²) in [7, 11) is -3.74. The number of para-hydroxylation sites is 2. The summed E-state index contributed by atoms with van der Waals surface area (Å²) in [4.78, 5) is 11.3. The van der Waals surface area contributed by atoms with Gasteiger partial charge in [0.25, 0.3) is 15.9 Å². The minimum atomic E-state index is -3.74. The SMILES string of the molecule is NC(=O)c1ccn(-c2ccccc2NS(=O)(=O)c2ccccc2)n1. The monoisotopic (exact) mass is 342 g/mol. The predicted molar refractivity (Wildman–Crippen MR) is 89.3 cm³/mol. The van der Waals surface area contributed by atoms with Crippen molar-refractivity contribution in [2.45, 2.75) is 4.90 Å². The summed E-state index contributed by atoms with van der Waals surface area (Å²) >= 11 is 0. The molecule has 122 valence electrons. The van der Waals surface area contributed by atoms with Crippen LogP contribution >= 0.6 is 0 Å². The van der Waals surface area contributed by atoms with Gasteiger partial charge in [0.2, 0.25) is 0 Å². The molecule has 0 unspecified atom stereocenters. The van der Waals surface area contributed by atoms with E-state index in [1.54, 1.807) is 42.5 Å². The number of benzene rings is 2. The number of nitrogens with one attached hydrogen (secondary N) is 1. The summed E-state index contributed by atoms with van der Waals surface area (Å²) in [5, 5.41) is 4.05. The molecule has 0 radical (unpaired) electrons. The third-order valence-corrected chi connectivity index (χ3v) is 4.67. The van der Waals surface area contributed by atoms with Gasteiger partial charge < -0.3 is 5.73 Å². The summed E-state index contributed by atoms with van der Waals surface area (Å²) in [6.07, 6.45) is 1.54. The standard InChI is InChI=1S/C16H14N4O3S/c17-16(21)14-10-11-20(18-14)15-9-5-4-8-13(15)19-24(22,23)12-6-2-1-3-7-12/h1-11,19H,(H2,17,21). The molecule has 0 spiro atoms. The third-order valence-electron chi connectivity index (χ3n) is 3.29. The number of primary amides is 1. The Labute approximate surface area is 138 Å². The fraction of sp³-hybridized carbons (Fsp3) is 0. The Bertz CT molecular complexity index is 981. The molecule has 0 aliphatic heterocycles. The van der Waals surface area contributed by atoms with Crippen molar-refractivity contribution in [2.75, 3.05) is 4.72 Å². The molecule has 7 nitrogen and oxygen atoms in total. The van der Waals surface area contributed by atoms with Gasteiger partial charge in [-0.15, -0.1) is 0 Å². The minimum Gasteiger partial charge on any atom is -0.364 e. The molecular weight excluding hydrogens is 328 g/mol. The molecule has 3 rings (SSSR count). The van der Waals surface area contributed by atoms with Gasteiger partial charge in [-0.3, -0.25) is 9.52 Å². The Kier molecular flexibility index (Phi) is 4.05. The number of aromatic nitrogens is 2. The lowest BCUT2D eigenvalue weighted by molar-refractivity contribution is 0.0995. The van der Waals surface area contributed by atoms with Crippen LogP contribution in [0.15, 0.2) is 71.8 Å². The van der Waals surface area contributed by atoms with E-state index >= 15 is 0 Å². The molecule has 24 heavy (non-hydrogen) atoms. The minimum absolute atomic E-state index is 0.0933. The predicted octanol–water partition coefficient (Wildman–Crippen LogP) is 1.77. The van der Waals surface area contributed by atoms with Crippen LogP contribution in [0.2, 0.25) is 0 Å². The molecule has 0 atom stereocenters. The first-order chi connectivity index (χ1) is 11.5. The molecule has 1 amide bonds. The number of carbonyl (C=O) groups excluding carboxylic acids is 1. The smallest absolute Gasteiger partial charge is 0.269 e. The van der Waals surface area contributed by atoms with Crippen molar-refractivity contribution < 1.29 is 13.2 Å². The molecule has 2 aromatic carbocycles. The molecule has 0 bridgehead atoms. The largest absolute Gasteiger partial charge is 0.364 e. The van der Waals surface area contributed by atoms with Crippen LogP contribution in [0.3, 0.4) is 0 Å². The average molecular weight is 342 g/mol. The van der Waals surface area contributed by atoms with E-state index in [0.717, 1.165) is 0 Å². The number of sulfonamides is 1. The molecule has 0 aliphatic carbocycles. The van der Waals surface area contributed by atoms with Crippen molar-refractivity contribution in [3.63, 3.8) is 0 Å². The first-order valence-electron chi connectivity index (χ1n) is 7.00. The lowest BCUT2D eigenvalue weighted by Gasteiger charge is -2.12. The van der Waals surface area contributed by atoms with Gasteiger partial charge in [0.1, 0.15) is 5.69 Å². The van der Waals surface area contributed by atoms with Crippen LogP contribution in [-0.2, 0) is 10.0 Å². The molecule has 0 aliphatic rings. The summed E-state index contributed by atoms with van der Waals surface area (Å²) in [5.41, 5.74) is 6.10. The Morgan fingerprint density at radius 2 is 1.67 bits per heavy atom. The van der Waals surface area contributed by atoms with E-state index in [0.29, 0.717) is 11.4 Å². The Morgan fingerprint density at radius 3 is 2.33 bits per heavy atom. The highest BCUT2D eigenvalue weighted by molar-refractivity contribution is 7.92. The number of amides is 1. The summed E-state index contributed by atoms with van der Waals surface area (Å²) in [6.45, 7) is 0. The second-order valence-electron chi connectivity index (χ2n) is 4.95. The van der Waals surface area contributed by atoms with Gasteiger partial charge in [0, 0.05) is 6.20 Å². The number of rotatable bonds is 5. The average Bonchev–Trinajstić information content (AvgIpc) is 3.06. The maximum absolute atomic E-state index is 12.5. The fourth-order valence-corrected chi connectivity index (χ4v) is 3.25. The van der Waals surface area contributed by atoms with Crippen molar-refractivity contribution in [3.05, 3.63) is 72.6 Å². The fourth-order valence-electron chi connectivity index (χ4n) is 2.15. The Balaban J connectivity index is 1.99. The number of anilines is 1. The molecule has 8 heteroatoms. The number of hydrogen-bond donors (Lipinski definition) is 2. The molecule has 3 aromatic rings. The first kappa shape index (κ1) is 15.8. The Morgan fingerprint density at radius 1 is 1.00 bits per heavy atom. The normalized spacial score (nSPS) is 11.2. The first-order valence-corrected chi connectivity index (χ1v) is 8.48. The number of nitrogens with zero attached hydrogens (tertiary/aromatic N) is 2. The van der Waals surface area contributed by atoms with E-state index < -0.39 is 15.9 Å². The van der Waals surface area contributed by atoms with Crippen molar-refractivity contribution in [1.29, 1.82) is 0 Å². The maximum atomic E-state index is 12.5.